The third-order valence-electron chi connectivity index (χ3n) is 7.68. The molecule has 3 N–H and O–H groups in total. The second-order valence-corrected chi connectivity index (χ2v) is 10.6. The number of carbonyl (C=O) groups is 2. The predicted molar refractivity (Wildman–Crippen MR) is 151 cm³/mol. The minimum atomic E-state index is -1.99. The van der Waals surface area contributed by atoms with Gasteiger partial charge in [-0.1, -0.05) is 71.1 Å². The van der Waals surface area contributed by atoms with Gasteiger partial charge in [-0.25, -0.2) is 9.78 Å². The molecule has 1 aliphatic rings. The minimum absolute atomic E-state index is 0.0415. The number of aliphatic hydroxyl groups is 1. The van der Waals surface area contributed by atoms with Crippen LogP contribution < -0.4 is 5.73 Å². The number of nitrogens with two attached hydrogens (primary N) is 1. The zero-order chi connectivity index (χ0) is 30.0. The number of hydrogen-bond donors (Lipinski definition) is 2. The molecule has 1 saturated heterocycles. The third-order valence-corrected chi connectivity index (χ3v) is 7.68. The number of ether oxygens (including phenoxy) is 2. The minimum Gasteiger partial charge on any atom is -0.467 e. The van der Waals surface area contributed by atoms with Gasteiger partial charge in [0, 0.05) is 12.8 Å². The van der Waals surface area contributed by atoms with E-state index in [1.54, 1.807) is 0 Å². The fraction of sp³-hybridized carbons (Fsp3) is 0.690. The summed E-state index contributed by atoms with van der Waals surface area (Å²) < 4.78 is 26.3. The Hall–Kier alpha value is -3.30. The van der Waals surface area contributed by atoms with Crippen LogP contribution in [0.2, 0.25) is 0 Å². The molecule has 0 aliphatic carbocycles. The van der Waals surface area contributed by atoms with Crippen molar-refractivity contribution in [2.24, 2.45) is 0 Å². The molecule has 11 nitrogen and oxygen atoms in total. The lowest BCUT2D eigenvalue weighted by molar-refractivity contribution is -0.191. The van der Waals surface area contributed by atoms with Crippen molar-refractivity contribution in [3.63, 3.8) is 0 Å². The lowest BCUT2D eigenvalue weighted by atomic mass is 10.0. The summed E-state index contributed by atoms with van der Waals surface area (Å²) in [5.74, 6) is 1.13. The Kier molecular flexibility index (Phi) is 11.8. The number of unbranched alkanes of at least 4 members (excludes halogenated alkanes) is 10. The quantitative estimate of drug-likeness (QED) is 0.130. The van der Waals surface area contributed by atoms with E-state index in [1.165, 1.54) is 69.9 Å². The number of anilines is 1. The molecule has 1 aliphatic heterocycles. The van der Waals surface area contributed by atoms with Gasteiger partial charge in [-0.3, -0.25) is 14.3 Å². The van der Waals surface area contributed by atoms with E-state index in [9.17, 15) is 19.1 Å². The maximum absolute atomic E-state index is 13.9. The lowest BCUT2D eigenvalue weighted by Gasteiger charge is -2.41. The van der Waals surface area contributed by atoms with Crippen molar-refractivity contribution in [2.45, 2.75) is 121 Å². The van der Waals surface area contributed by atoms with Gasteiger partial charge in [0.15, 0.2) is 17.0 Å². The average molecular weight is 575 g/mol. The van der Waals surface area contributed by atoms with E-state index in [4.69, 9.17) is 21.6 Å². The number of aliphatic hydroxyl groups excluding tert-OH is 1. The number of hydrogen-bond acceptors (Lipinski definition) is 9. The zero-order valence-corrected chi connectivity index (χ0v) is 24.4. The van der Waals surface area contributed by atoms with E-state index in [-0.39, 0.29) is 29.8 Å². The number of terminal acetylenes is 1. The number of esters is 1. The normalized spacial score (nSPS) is 21.1. The second-order valence-electron chi connectivity index (χ2n) is 10.6. The van der Waals surface area contributed by atoms with Gasteiger partial charge in [-0.05, 0) is 19.3 Å². The maximum Gasteiger partial charge on any atom is 0.328 e. The van der Waals surface area contributed by atoms with Gasteiger partial charge in [0.1, 0.15) is 18.4 Å². The molecule has 1 fully saturated rings. The van der Waals surface area contributed by atoms with Crippen LogP contribution in [0.3, 0.4) is 0 Å². The van der Waals surface area contributed by atoms with Crippen molar-refractivity contribution in [1.82, 2.24) is 24.4 Å². The number of amides is 1. The summed E-state index contributed by atoms with van der Waals surface area (Å²) >= 11 is 0. The number of imidazole rings is 1. The number of nitrogens with zero attached hydrogens (tertiary/aromatic N) is 5. The molecule has 2 aromatic heterocycles. The van der Waals surface area contributed by atoms with E-state index in [2.05, 4.69) is 27.8 Å². The number of methoxy groups -OCH3 is 1. The Morgan fingerprint density at radius 1 is 1.22 bits per heavy atom. The molecule has 12 heteroatoms. The first-order valence-corrected chi connectivity index (χ1v) is 14.6. The van der Waals surface area contributed by atoms with Crippen molar-refractivity contribution in [3.05, 3.63) is 12.4 Å². The van der Waals surface area contributed by atoms with Crippen LogP contribution >= 0.6 is 0 Å². The number of fused-ring (bicyclic) bond motifs is 1. The largest absolute Gasteiger partial charge is 0.467 e. The van der Waals surface area contributed by atoms with E-state index in [1.807, 2.05) is 0 Å². The maximum atomic E-state index is 13.9. The van der Waals surface area contributed by atoms with Crippen molar-refractivity contribution in [3.8, 4) is 12.3 Å². The summed E-state index contributed by atoms with van der Waals surface area (Å²) in [6.07, 6.45) is 16.2. The first-order chi connectivity index (χ1) is 19.7. The summed E-state index contributed by atoms with van der Waals surface area (Å²) in [6.45, 7) is 3.69. The van der Waals surface area contributed by atoms with Gasteiger partial charge < -0.3 is 20.3 Å². The smallest absolute Gasteiger partial charge is 0.328 e. The van der Waals surface area contributed by atoms with Crippen LogP contribution in [0.5, 0.6) is 0 Å². The Labute approximate surface area is 241 Å². The first kappa shape index (κ1) is 32.2. The zero-order valence-electron chi connectivity index (χ0n) is 24.4. The van der Waals surface area contributed by atoms with Crippen LogP contribution in [0.4, 0.5) is 10.2 Å². The van der Waals surface area contributed by atoms with Crippen LogP contribution in [0, 0.1) is 18.4 Å². The van der Waals surface area contributed by atoms with Gasteiger partial charge in [-0.2, -0.15) is 14.4 Å². The first-order valence-electron chi connectivity index (χ1n) is 14.6. The van der Waals surface area contributed by atoms with E-state index in [0.29, 0.717) is 6.42 Å². The van der Waals surface area contributed by atoms with Gasteiger partial charge in [0.05, 0.1) is 13.4 Å². The van der Waals surface area contributed by atoms with E-state index < -0.39 is 42.1 Å². The van der Waals surface area contributed by atoms with Gasteiger partial charge in [0.25, 0.3) is 0 Å². The molecule has 0 saturated carbocycles. The monoisotopic (exact) mass is 574 g/mol. The SMILES string of the molecule is C#C[C@@]1(N(C(=O)CCCCCCCCCCCCC)[C@@H](C)C(=O)OC)O[C@@H](n2cnc3c(N)nc(F)nc32)C[C@@H]1O. The van der Waals surface area contributed by atoms with Gasteiger partial charge >= 0.3 is 12.0 Å². The molecule has 226 valence electrons. The number of rotatable bonds is 16. The molecular formula is C29H43FN6O5. The van der Waals surface area contributed by atoms with Gasteiger partial charge in [-0.15, -0.1) is 6.42 Å². The number of halogens is 1. The third kappa shape index (κ3) is 7.51. The molecule has 0 unspecified atom stereocenters. The molecule has 3 rings (SSSR count). The van der Waals surface area contributed by atoms with Crippen molar-refractivity contribution >= 4 is 28.9 Å². The average Bonchev–Trinajstić information content (AvgIpc) is 3.52. The van der Waals surface area contributed by atoms with Crippen LogP contribution in [-0.2, 0) is 19.1 Å². The topological polar surface area (TPSA) is 146 Å². The molecule has 4 atom stereocenters. The molecule has 1 amide bonds. The van der Waals surface area contributed by atoms with Crippen LogP contribution in [0.1, 0.15) is 104 Å². The second kappa shape index (κ2) is 15.1. The summed E-state index contributed by atoms with van der Waals surface area (Å²) in [5.41, 5.74) is 3.98. The summed E-state index contributed by atoms with van der Waals surface area (Å²) in [5, 5.41) is 11.2. The van der Waals surface area contributed by atoms with Crippen molar-refractivity contribution in [1.29, 1.82) is 0 Å². The highest BCUT2D eigenvalue weighted by Crippen LogP contribution is 2.41. The summed E-state index contributed by atoms with van der Waals surface area (Å²) in [4.78, 5) is 38.6. The number of nitrogen functional groups attached to an aromatic ring is 1. The molecular weight excluding hydrogens is 531 g/mol. The number of aromatic nitrogens is 4. The van der Waals surface area contributed by atoms with Crippen molar-refractivity contribution < 1.29 is 28.6 Å². The fourth-order valence-corrected chi connectivity index (χ4v) is 5.42. The van der Waals surface area contributed by atoms with Crippen LogP contribution in [0.25, 0.3) is 11.2 Å². The Morgan fingerprint density at radius 2 is 1.83 bits per heavy atom. The fourth-order valence-electron chi connectivity index (χ4n) is 5.42. The number of carbonyl (C=O) groups excluding carboxylic acids is 2. The summed E-state index contributed by atoms with van der Waals surface area (Å²) in [6, 6.07) is -1.14. The van der Waals surface area contributed by atoms with Crippen LogP contribution in [-0.4, -0.2) is 66.4 Å². The Bertz CT molecular complexity index is 1220. The highest BCUT2D eigenvalue weighted by molar-refractivity contribution is 5.85. The Morgan fingerprint density at radius 3 is 2.41 bits per heavy atom. The molecule has 0 aromatic carbocycles. The molecule has 3 heterocycles. The highest BCUT2D eigenvalue weighted by Gasteiger charge is 2.56. The van der Waals surface area contributed by atoms with Crippen LogP contribution in [0.15, 0.2) is 6.33 Å². The van der Waals surface area contributed by atoms with Crippen molar-refractivity contribution in [2.75, 3.05) is 12.8 Å². The predicted octanol–water partition coefficient (Wildman–Crippen LogP) is 4.25. The lowest BCUT2D eigenvalue weighted by Crippen LogP contribution is -2.62. The van der Waals surface area contributed by atoms with E-state index >= 15 is 0 Å². The highest BCUT2D eigenvalue weighted by atomic mass is 19.1. The molecule has 41 heavy (non-hydrogen) atoms. The Balaban J connectivity index is 1.68. The summed E-state index contributed by atoms with van der Waals surface area (Å²) in [7, 11) is 1.21. The van der Waals surface area contributed by atoms with E-state index in [0.717, 1.165) is 24.2 Å². The molecule has 0 bridgehead atoms. The molecule has 2 aromatic rings. The van der Waals surface area contributed by atoms with Gasteiger partial charge in [0.2, 0.25) is 11.6 Å². The molecule has 0 spiro atoms. The molecule has 0 radical (unpaired) electrons. The standard InChI is InChI=1S/C29H43FN6O5/c1-5-7-8-9-10-11-12-13-14-15-16-17-22(38)36(20(3)27(39)40-4)29(6-2)21(37)18-23(41-29)35-19-32-24-25(31)33-28(30)34-26(24)35/h2,19-21,23,37H,5,7-18H2,1,3-4H3,(H2,31,33,34)/t20-,21-,23+,29+/m0/s1.